The van der Waals surface area contributed by atoms with Crippen LogP contribution in [0.15, 0.2) is 18.2 Å². The lowest BCUT2D eigenvalue weighted by atomic mass is 9.78. The molecule has 2 rings (SSSR count). The van der Waals surface area contributed by atoms with Gasteiger partial charge in [0.1, 0.15) is 11.6 Å². The molecule has 0 aliphatic carbocycles. The van der Waals surface area contributed by atoms with Crippen LogP contribution in [0.2, 0.25) is 0 Å². The summed E-state index contributed by atoms with van der Waals surface area (Å²) in [5.74, 6) is -1.50. The molecule has 0 N–H and O–H groups in total. The van der Waals surface area contributed by atoms with Gasteiger partial charge in [-0.15, -0.1) is 13.2 Å². The zero-order valence-corrected chi connectivity index (χ0v) is 12.0. The van der Waals surface area contributed by atoms with Crippen LogP contribution >= 0.6 is 0 Å². The second-order valence-corrected chi connectivity index (χ2v) is 5.82. The van der Waals surface area contributed by atoms with Crippen LogP contribution in [0.5, 0.6) is 5.75 Å². The molecule has 1 fully saturated rings. The van der Waals surface area contributed by atoms with Crippen molar-refractivity contribution in [3.8, 4) is 5.75 Å². The molecule has 0 atom stereocenters. The lowest BCUT2D eigenvalue weighted by Gasteiger charge is -2.32. The molecule has 3 nitrogen and oxygen atoms in total. The van der Waals surface area contributed by atoms with E-state index in [1.165, 1.54) is 6.07 Å². The smallest absolute Gasteiger partial charge is 0.406 e. The summed E-state index contributed by atoms with van der Waals surface area (Å²) in [6.45, 7) is 7.06. The van der Waals surface area contributed by atoms with Crippen molar-refractivity contribution in [3.63, 3.8) is 0 Å². The van der Waals surface area contributed by atoms with E-state index in [1.807, 2.05) is 0 Å². The molecule has 1 aliphatic rings. The maximum Gasteiger partial charge on any atom is 0.573 e. The first kappa shape index (κ1) is 16.1. The number of halogens is 4. The van der Waals surface area contributed by atoms with Gasteiger partial charge in [-0.1, -0.05) is 6.07 Å². The largest absolute Gasteiger partial charge is 0.573 e. The highest BCUT2D eigenvalue weighted by atomic mass is 19.4. The molecule has 1 saturated heterocycles. The van der Waals surface area contributed by atoms with Crippen LogP contribution in [-0.4, -0.2) is 24.7 Å². The monoisotopic (exact) mass is 306 g/mol. The summed E-state index contributed by atoms with van der Waals surface area (Å²) in [6.07, 6.45) is -4.92. The van der Waals surface area contributed by atoms with Gasteiger partial charge in [0.05, 0.1) is 11.2 Å². The molecule has 0 bridgehead atoms. The van der Waals surface area contributed by atoms with Crippen molar-refractivity contribution >= 4 is 12.6 Å². The van der Waals surface area contributed by atoms with Crippen LogP contribution in [0.25, 0.3) is 0 Å². The summed E-state index contributed by atoms with van der Waals surface area (Å²) in [5, 5.41) is 0. The van der Waals surface area contributed by atoms with Gasteiger partial charge in [-0.2, -0.15) is 0 Å². The number of ether oxygens (including phenoxy) is 1. The van der Waals surface area contributed by atoms with Crippen LogP contribution in [0.1, 0.15) is 27.7 Å². The Hall–Kier alpha value is -1.28. The normalized spacial score (nSPS) is 20.7. The lowest BCUT2D eigenvalue weighted by Crippen LogP contribution is -2.41. The zero-order chi connectivity index (χ0) is 16.1. The van der Waals surface area contributed by atoms with Gasteiger partial charge in [0.25, 0.3) is 0 Å². The molecule has 1 aromatic carbocycles. The van der Waals surface area contributed by atoms with E-state index in [9.17, 15) is 17.6 Å². The quantitative estimate of drug-likeness (QED) is 0.621. The summed E-state index contributed by atoms with van der Waals surface area (Å²) < 4.78 is 65.6. The third-order valence-corrected chi connectivity index (χ3v) is 3.71. The van der Waals surface area contributed by atoms with Gasteiger partial charge in [0.15, 0.2) is 0 Å². The number of benzene rings is 1. The number of rotatable bonds is 2. The Morgan fingerprint density at radius 1 is 1.05 bits per heavy atom. The van der Waals surface area contributed by atoms with E-state index < -0.39 is 36.2 Å². The van der Waals surface area contributed by atoms with Crippen molar-refractivity contribution in [2.24, 2.45) is 0 Å². The van der Waals surface area contributed by atoms with Crippen LogP contribution in [0.4, 0.5) is 17.6 Å². The number of hydrogen-bond donors (Lipinski definition) is 0. The molecule has 21 heavy (non-hydrogen) atoms. The van der Waals surface area contributed by atoms with Gasteiger partial charge >= 0.3 is 13.5 Å². The van der Waals surface area contributed by atoms with Crippen LogP contribution in [-0.2, 0) is 9.31 Å². The summed E-state index contributed by atoms with van der Waals surface area (Å²) >= 11 is 0. The predicted molar refractivity (Wildman–Crippen MR) is 68.8 cm³/mol. The molecule has 0 radical (unpaired) electrons. The Labute approximate surface area is 120 Å². The minimum atomic E-state index is -4.92. The van der Waals surface area contributed by atoms with E-state index in [0.717, 1.165) is 6.07 Å². The third-order valence-electron chi connectivity index (χ3n) is 3.71. The molecule has 0 unspecified atom stereocenters. The molecular formula is C13H15BF4O3. The Morgan fingerprint density at radius 3 is 2.05 bits per heavy atom. The van der Waals surface area contributed by atoms with Crippen molar-refractivity contribution in [3.05, 3.63) is 24.0 Å². The Kier molecular flexibility index (Phi) is 3.74. The Balaban J connectivity index is 2.37. The van der Waals surface area contributed by atoms with Crippen molar-refractivity contribution in [1.82, 2.24) is 0 Å². The maximum atomic E-state index is 13.2. The first-order valence-electron chi connectivity index (χ1n) is 6.32. The lowest BCUT2D eigenvalue weighted by molar-refractivity contribution is -0.274. The Bertz CT molecular complexity index is 527. The van der Waals surface area contributed by atoms with Gasteiger partial charge in [-0.25, -0.2) is 4.39 Å². The predicted octanol–water partition coefficient (Wildman–Crippen LogP) is 3.02. The average molecular weight is 306 g/mol. The highest BCUT2D eigenvalue weighted by Gasteiger charge is 2.53. The van der Waals surface area contributed by atoms with Crippen LogP contribution in [0.3, 0.4) is 0 Å². The summed E-state index contributed by atoms with van der Waals surface area (Å²) in [7, 11) is -1.06. The van der Waals surface area contributed by atoms with E-state index in [1.54, 1.807) is 27.7 Å². The molecule has 8 heteroatoms. The fraction of sp³-hybridized carbons (Fsp3) is 0.538. The first-order chi connectivity index (χ1) is 9.41. The molecule has 0 spiro atoms. The topological polar surface area (TPSA) is 27.7 Å². The zero-order valence-electron chi connectivity index (χ0n) is 12.0. The third kappa shape index (κ3) is 3.32. The van der Waals surface area contributed by atoms with Crippen LogP contribution in [0, 0.1) is 5.82 Å². The van der Waals surface area contributed by atoms with Gasteiger partial charge in [-0.3, -0.25) is 0 Å². The van der Waals surface area contributed by atoms with Gasteiger partial charge in [-0.05, 0) is 33.8 Å². The standard InChI is InChI=1S/C13H15BF4O3/c1-11(2)12(3,4)21-14(20-11)9-6-5-8(15)7-10(9)19-13(16,17)18/h5-7H,1-4H3. The van der Waals surface area contributed by atoms with Crippen molar-refractivity contribution in [2.75, 3.05) is 0 Å². The first-order valence-corrected chi connectivity index (χ1v) is 6.32. The van der Waals surface area contributed by atoms with Gasteiger partial charge < -0.3 is 14.0 Å². The molecule has 1 aromatic rings. The van der Waals surface area contributed by atoms with Crippen molar-refractivity contribution in [2.45, 2.75) is 45.3 Å². The highest BCUT2D eigenvalue weighted by Crippen LogP contribution is 2.37. The molecule has 116 valence electrons. The SMILES string of the molecule is CC1(C)OB(c2ccc(F)cc2OC(F)(F)F)OC1(C)C. The molecular weight excluding hydrogens is 291 g/mol. The maximum absolute atomic E-state index is 13.2. The summed E-state index contributed by atoms with van der Waals surface area (Å²) in [5.41, 5.74) is -1.45. The average Bonchev–Trinajstić information content (AvgIpc) is 2.45. The van der Waals surface area contributed by atoms with Crippen molar-refractivity contribution in [1.29, 1.82) is 0 Å². The minimum Gasteiger partial charge on any atom is -0.406 e. The van der Waals surface area contributed by atoms with Crippen LogP contribution < -0.4 is 10.2 Å². The summed E-state index contributed by atoms with van der Waals surface area (Å²) in [4.78, 5) is 0. The fourth-order valence-corrected chi connectivity index (χ4v) is 1.89. The van der Waals surface area contributed by atoms with E-state index in [0.29, 0.717) is 6.07 Å². The van der Waals surface area contributed by atoms with Gasteiger partial charge in [0.2, 0.25) is 0 Å². The second kappa shape index (κ2) is 4.88. The number of alkyl halides is 3. The van der Waals surface area contributed by atoms with E-state index in [2.05, 4.69) is 4.74 Å². The highest BCUT2D eigenvalue weighted by molar-refractivity contribution is 6.63. The van der Waals surface area contributed by atoms with Gasteiger partial charge in [0, 0.05) is 11.5 Å². The van der Waals surface area contributed by atoms with E-state index in [-0.39, 0.29) is 5.46 Å². The van der Waals surface area contributed by atoms with Crippen molar-refractivity contribution < 1.29 is 31.6 Å². The molecule has 1 heterocycles. The Morgan fingerprint density at radius 2 is 1.57 bits per heavy atom. The molecule has 0 saturated carbocycles. The summed E-state index contributed by atoms with van der Waals surface area (Å²) in [6, 6.07) is 2.86. The molecule has 0 amide bonds. The van der Waals surface area contributed by atoms with E-state index >= 15 is 0 Å². The molecule has 0 aromatic heterocycles. The molecule has 1 aliphatic heterocycles. The fourth-order valence-electron chi connectivity index (χ4n) is 1.89. The van der Waals surface area contributed by atoms with E-state index in [4.69, 9.17) is 9.31 Å². The number of hydrogen-bond acceptors (Lipinski definition) is 3. The minimum absolute atomic E-state index is 0.00706. The second-order valence-electron chi connectivity index (χ2n) is 5.82.